The first-order valence-corrected chi connectivity index (χ1v) is 6.45. The zero-order valence-electron chi connectivity index (χ0n) is 11.6. The minimum absolute atomic E-state index is 0.166. The zero-order valence-corrected chi connectivity index (χ0v) is 12.3. The number of rotatable bonds is 3. The van der Waals surface area contributed by atoms with Crippen molar-refractivity contribution in [3.8, 4) is 0 Å². The highest BCUT2D eigenvalue weighted by Crippen LogP contribution is 2.16. The molecule has 0 saturated heterocycles. The van der Waals surface area contributed by atoms with Gasteiger partial charge in [-0.15, -0.1) is 0 Å². The minimum atomic E-state index is -0.606. The lowest BCUT2D eigenvalue weighted by Gasteiger charge is -2.21. The molecule has 0 radical (unpaired) electrons. The van der Waals surface area contributed by atoms with Gasteiger partial charge < -0.3 is 10.6 Å². The van der Waals surface area contributed by atoms with Crippen LogP contribution in [0.4, 0.5) is 5.69 Å². The predicted octanol–water partition coefficient (Wildman–Crippen LogP) is 2.83. The smallest absolute Gasteiger partial charge is 0.246 e. The third kappa shape index (κ3) is 4.91. The fraction of sp³-hybridized carbons (Fsp3) is 0.429. The van der Waals surface area contributed by atoms with Gasteiger partial charge in [-0.05, 0) is 25.1 Å². The second-order valence-electron chi connectivity index (χ2n) is 5.44. The maximum absolute atomic E-state index is 11.9. The van der Waals surface area contributed by atoms with Crippen molar-refractivity contribution in [2.75, 3.05) is 5.32 Å². The third-order valence-electron chi connectivity index (χ3n) is 2.51. The minimum Gasteiger partial charge on any atom is -0.344 e. The van der Waals surface area contributed by atoms with E-state index in [1.807, 2.05) is 0 Å². The summed E-state index contributed by atoms with van der Waals surface area (Å²) in [4.78, 5) is 23.7. The third-order valence-corrected chi connectivity index (χ3v) is 2.75. The number of halogens is 1. The van der Waals surface area contributed by atoms with Crippen molar-refractivity contribution in [3.63, 3.8) is 0 Å². The Balaban J connectivity index is 2.61. The van der Waals surface area contributed by atoms with E-state index >= 15 is 0 Å². The number of anilines is 1. The van der Waals surface area contributed by atoms with E-state index in [1.54, 1.807) is 52.0 Å². The van der Waals surface area contributed by atoms with Crippen molar-refractivity contribution in [1.82, 2.24) is 5.32 Å². The largest absolute Gasteiger partial charge is 0.344 e. The summed E-state index contributed by atoms with van der Waals surface area (Å²) in [7, 11) is 0. The average Bonchev–Trinajstić information content (AvgIpc) is 2.27. The molecule has 0 aliphatic heterocycles. The van der Waals surface area contributed by atoms with Gasteiger partial charge in [0.1, 0.15) is 6.04 Å². The van der Waals surface area contributed by atoms with Gasteiger partial charge in [-0.25, -0.2) is 0 Å². The van der Waals surface area contributed by atoms with Gasteiger partial charge in [-0.1, -0.05) is 38.4 Å². The van der Waals surface area contributed by atoms with Crippen molar-refractivity contribution in [1.29, 1.82) is 0 Å². The van der Waals surface area contributed by atoms with Gasteiger partial charge in [-0.2, -0.15) is 0 Å². The van der Waals surface area contributed by atoms with E-state index < -0.39 is 11.5 Å². The molecule has 0 aliphatic carbocycles. The molecule has 1 atom stereocenters. The molecular weight excluding hydrogens is 264 g/mol. The quantitative estimate of drug-likeness (QED) is 0.896. The lowest BCUT2D eigenvalue weighted by molar-refractivity contribution is -0.131. The highest BCUT2D eigenvalue weighted by molar-refractivity contribution is 6.30. The van der Waals surface area contributed by atoms with Crippen LogP contribution in [0.25, 0.3) is 0 Å². The molecular formula is C14H19ClN2O2. The normalized spacial score (nSPS) is 12.7. The van der Waals surface area contributed by atoms with E-state index in [-0.39, 0.29) is 11.8 Å². The molecule has 0 spiro atoms. The summed E-state index contributed by atoms with van der Waals surface area (Å²) < 4.78 is 0. The van der Waals surface area contributed by atoms with Crippen LogP contribution >= 0.6 is 11.6 Å². The van der Waals surface area contributed by atoms with E-state index in [1.165, 1.54) is 0 Å². The Labute approximate surface area is 118 Å². The Hall–Kier alpha value is -1.55. The zero-order chi connectivity index (χ0) is 14.6. The van der Waals surface area contributed by atoms with Gasteiger partial charge in [0.15, 0.2) is 0 Å². The van der Waals surface area contributed by atoms with Gasteiger partial charge in [0.05, 0.1) is 0 Å². The number of hydrogen-bond donors (Lipinski definition) is 2. The second kappa shape index (κ2) is 6.06. The summed E-state index contributed by atoms with van der Waals surface area (Å²) >= 11 is 5.83. The van der Waals surface area contributed by atoms with Gasteiger partial charge in [0, 0.05) is 16.1 Å². The number of hydrogen-bond acceptors (Lipinski definition) is 2. The van der Waals surface area contributed by atoms with E-state index in [4.69, 9.17) is 11.6 Å². The highest BCUT2D eigenvalue weighted by atomic mass is 35.5. The van der Waals surface area contributed by atoms with Gasteiger partial charge in [-0.3, -0.25) is 9.59 Å². The van der Waals surface area contributed by atoms with Crippen LogP contribution in [0.2, 0.25) is 5.02 Å². The predicted molar refractivity (Wildman–Crippen MR) is 77.1 cm³/mol. The van der Waals surface area contributed by atoms with E-state index in [9.17, 15) is 9.59 Å². The number of carbonyl (C=O) groups is 2. The van der Waals surface area contributed by atoms with Gasteiger partial charge >= 0.3 is 0 Å². The van der Waals surface area contributed by atoms with Crippen molar-refractivity contribution in [2.24, 2.45) is 5.41 Å². The fourth-order valence-electron chi connectivity index (χ4n) is 1.30. The molecule has 0 bridgehead atoms. The van der Waals surface area contributed by atoms with E-state index in [0.717, 1.165) is 0 Å². The summed E-state index contributed by atoms with van der Waals surface area (Å²) in [6.45, 7) is 7.03. The second-order valence-corrected chi connectivity index (χ2v) is 5.88. The van der Waals surface area contributed by atoms with Crippen LogP contribution in [0.3, 0.4) is 0 Å². The summed E-state index contributed by atoms with van der Waals surface area (Å²) in [5.41, 5.74) is 0.0827. The summed E-state index contributed by atoms with van der Waals surface area (Å²) in [6.07, 6.45) is 0. The molecule has 1 rings (SSSR count). The number of benzene rings is 1. The van der Waals surface area contributed by atoms with Crippen LogP contribution in [0.1, 0.15) is 27.7 Å². The molecule has 2 N–H and O–H groups in total. The van der Waals surface area contributed by atoms with Crippen LogP contribution < -0.4 is 10.6 Å². The molecule has 0 unspecified atom stereocenters. The molecule has 104 valence electrons. The fourth-order valence-corrected chi connectivity index (χ4v) is 1.49. The molecule has 5 heteroatoms. The van der Waals surface area contributed by atoms with Crippen LogP contribution in [0, 0.1) is 5.41 Å². The molecule has 1 aromatic rings. The first kappa shape index (κ1) is 15.5. The Bertz CT molecular complexity index is 481. The first-order chi connectivity index (χ1) is 8.70. The Morgan fingerprint density at radius 2 is 1.89 bits per heavy atom. The monoisotopic (exact) mass is 282 g/mol. The van der Waals surface area contributed by atoms with Crippen LogP contribution in [0.15, 0.2) is 24.3 Å². The van der Waals surface area contributed by atoms with Crippen molar-refractivity contribution in [3.05, 3.63) is 29.3 Å². The number of amides is 2. The molecule has 1 aromatic carbocycles. The van der Waals surface area contributed by atoms with E-state index in [0.29, 0.717) is 10.7 Å². The van der Waals surface area contributed by atoms with Gasteiger partial charge in [0.25, 0.3) is 0 Å². The molecule has 2 amide bonds. The Morgan fingerprint density at radius 1 is 1.26 bits per heavy atom. The maximum atomic E-state index is 11.9. The molecule has 0 heterocycles. The number of carbonyl (C=O) groups excluding carboxylic acids is 2. The average molecular weight is 283 g/mol. The molecule has 19 heavy (non-hydrogen) atoms. The van der Waals surface area contributed by atoms with Gasteiger partial charge in [0.2, 0.25) is 11.8 Å². The molecule has 0 fully saturated rings. The van der Waals surface area contributed by atoms with Crippen molar-refractivity contribution >= 4 is 29.1 Å². The lowest BCUT2D eigenvalue weighted by atomic mass is 9.95. The maximum Gasteiger partial charge on any atom is 0.246 e. The molecule has 0 saturated carbocycles. The summed E-state index contributed by atoms with van der Waals surface area (Å²) in [6, 6.07) is 6.25. The molecule has 0 aliphatic rings. The molecule has 0 aromatic heterocycles. The number of nitrogens with one attached hydrogen (secondary N) is 2. The van der Waals surface area contributed by atoms with E-state index in [2.05, 4.69) is 10.6 Å². The summed E-state index contributed by atoms with van der Waals surface area (Å²) in [5, 5.41) is 5.92. The van der Waals surface area contributed by atoms with Crippen molar-refractivity contribution in [2.45, 2.75) is 33.7 Å². The summed E-state index contributed by atoms with van der Waals surface area (Å²) in [5.74, 6) is -0.443. The Kier molecular flexibility index (Phi) is 4.95. The Morgan fingerprint density at radius 3 is 2.42 bits per heavy atom. The first-order valence-electron chi connectivity index (χ1n) is 6.07. The molecule has 4 nitrogen and oxygen atoms in total. The lowest BCUT2D eigenvalue weighted by Crippen LogP contribution is -2.46. The standard InChI is InChI=1S/C14H19ClN2O2/c1-9(16-13(19)14(2,3)4)12(18)17-11-7-5-6-10(15)8-11/h5-9H,1-4H3,(H,16,19)(H,17,18)/t9-/m1/s1. The van der Waals surface area contributed by atoms with Crippen LogP contribution in [-0.4, -0.2) is 17.9 Å². The highest BCUT2D eigenvalue weighted by Gasteiger charge is 2.25. The van der Waals surface area contributed by atoms with Crippen molar-refractivity contribution < 1.29 is 9.59 Å². The van der Waals surface area contributed by atoms with Crippen LogP contribution in [0.5, 0.6) is 0 Å². The topological polar surface area (TPSA) is 58.2 Å². The SMILES string of the molecule is C[C@@H](NC(=O)C(C)(C)C)C(=O)Nc1cccc(Cl)c1. The van der Waals surface area contributed by atoms with Crippen LogP contribution in [-0.2, 0) is 9.59 Å².